The zero-order chi connectivity index (χ0) is 38.7. The fourth-order valence-corrected chi connectivity index (χ4v) is 8.97. The molecular weight excluding hydrogens is 689 g/mol. The van der Waals surface area contributed by atoms with Gasteiger partial charge in [0.05, 0.1) is 11.0 Å². The molecule has 0 saturated heterocycles. The summed E-state index contributed by atoms with van der Waals surface area (Å²) in [6, 6.07) is 66.5. The van der Waals surface area contributed by atoms with Crippen LogP contribution in [0.25, 0.3) is 73.0 Å². The Morgan fingerprint density at radius 1 is 0.439 bits per heavy atom. The van der Waals surface area contributed by atoms with Crippen molar-refractivity contribution < 1.29 is 0 Å². The van der Waals surface area contributed by atoms with Gasteiger partial charge in [0, 0.05) is 38.9 Å². The average Bonchev–Trinajstić information content (AvgIpc) is 3.72. The Bertz CT molecular complexity index is 2970. The Morgan fingerprint density at radius 2 is 0.982 bits per heavy atom. The number of hydrogen-bond donors (Lipinski definition) is 0. The first-order valence-corrected chi connectivity index (χ1v) is 19.7. The number of aromatic nitrogens is 1. The Balaban J connectivity index is 1.07. The van der Waals surface area contributed by atoms with E-state index in [2.05, 4.69) is 218 Å². The minimum atomic E-state index is -0.0984. The first-order chi connectivity index (χ1) is 27.9. The summed E-state index contributed by atoms with van der Waals surface area (Å²) in [5.41, 5.74) is 19.0. The van der Waals surface area contributed by atoms with E-state index in [1.165, 1.54) is 66.3 Å². The van der Waals surface area contributed by atoms with Crippen molar-refractivity contribution in [3.8, 4) is 39.1 Å². The quantitative estimate of drug-likeness (QED) is 0.151. The summed E-state index contributed by atoms with van der Waals surface area (Å²) in [7, 11) is 0. The molecular formula is C55H42N2. The molecule has 272 valence electrons. The normalized spacial score (nSPS) is 12.7. The Hall–Kier alpha value is -7.16. The molecule has 57 heavy (non-hydrogen) atoms. The van der Waals surface area contributed by atoms with E-state index in [0.717, 1.165) is 33.9 Å². The van der Waals surface area contributed by atoms with Gasteiger partial charge in [-0.2, -0.15) is 0 Å². The van der Waals surface area contributed by atoms with E-state index in [1.54, 1.807) is 0 Å². The van der Waals surface area contributed by atoms with Crippen LogP contribution in [-0.2, 0) is 5.41 Å². The van der Waals surface area contributed by atoms with Crippen LogP contribution in [0.5, 0.6) is 0 Å². The second-order valence-corrected chi connectivity index (χ2v) is 15.5. The van der Waals surface area contributed by atoms with Crippen LogP contribution in [0, 0.1) is 0 Å². The SMILES string of the molecule is C=Cc1cc(C=C)cc(-n2c3ccccc3c3cc(-c4ccc(N(c5ccc(-c6ccccc6)cc5)c5ccc6c(c5)C(C)(C)c5ccccc5-6)cc4)ccc32)c1. The van der Waals surface area contributed by atoms with Crippen LogP contribution in [0.3, 0.4) is 0 Å². The van der Waals surface area contributed by atoms with Gasteiger partial charge in [-0.3, -0.25) is 0 Å². The molecule has 0 spiro atoms. The molecule has 1 aromatic heterocycles. The molecule has 10 rings (SSSR count). The van der Waals surface area contributed by atoms with E-state index < -0.39 is 0 Å². The van der Waals surface area contributed by atoms with Crippen molar-refractivity contribution in [3.63, 3.8) is 0 Å². The summed E-state index contributed by atoms with van der Waals surface area (Å²) in [4.78, 5) is 2.39. The number of rotatable bonds is 8. The summed E-state index contributed by atoms with van der Waals surface area (Å²) in [5, 5.41) is 2.44. The van der Waals surface area contributed by atoms with E-state index in [0.29, 0.717) is 0 Å². The summed E-state index contributed by atoms with van der Waals surface area (Å²) >= 11 is 0. The lowest BCUT2D eigenvalue weighted by Crippen LogP contribution is -2.16. The topological polar surface area (TPSA) is 8.17 Å². The van der Waals surface area contributed by atoms with Gasteiger partial charge in [-0.05, 0) is 128 Å². The molecule has 0 bridgehead atoms. The van der Waals surface area contributed by atoms with Crippen LogP contribution in [0.1, 0.15) is 36.1 Å². The van der Waals surface area contributed by atoms with Crippen molar-refractivity contribution in [2.24, 2.45) is 0 Å². The standard InChI is InChI=1S/C55H42N2/c1-5-37-32-38(6-2)34-46(33-37)57-53-19-13-11-17-49(53)50-35-42(24-31-54(50)57)41-22-27-44(28-23-41)56(43-25-20-40(21-26-43)39-14-8-7-9-15-39)45-29-30-48-47-16-10-12-18-51(47)55(3,4)52(48)36-45/h5-36H,1-2H2,3-4H3. The van der Waals surface area contributed by atoms with Gasteiger partial charge >= 0.3 is 0 Å². The zero-order valence-corrected chi connectivity index (χ0v) is 32.3. The predicted molar refractivity (Wildman–Crippen MR) is 244 cm³/mol. The number of para-hydroxylation sites is 1. The van der Waals surface area contributed by atoms with Crippen molar-refractivity contribution in [2.45, 2.75) is 19.3 Å². The molecule has 1 heterocycles. The summed E-state index contributed by atoms with van der Waals surface area (Å²) < 4.78 is 2.36. The lowest BCUT2D eigenvalue weighted by atomic mass is 9.82. The highest BCUT2D eigenvalue weighted by Gasteiger charge is 2.35. The largest absolute Gasteiger partial charge is 0.310 e. The van der Waals surface area contributed by atoms with E-state index in [-0.39, 0.29) is 5.41 Å². The highest BCUT2D eigenvalue weighted by Crippen LogP contribution is 2.50. The van der Waals surface area contributed by atoms with E-state index in [9.17, 15) is 0 Å². The number of nitrogens with zero attached hydrogens (tertiary/aromatic N) is 2. The van der Waals surface area contributed by atoms with Crippen LogP contribution >= 0.6 is 0 Å². The minimum Gasteiger partial charge on any atom is -0.310 e. The molecule has 0 saturated carbocycles. The molecule has 1 aliphatic carbocycles. The molecule has 0 fully saturated rings. The van der Waals surface area contributed by atoms with Crippen molar-refractivity contribution in [1.82, 2.24) is 4.57 Å². The highest BCUT2D eigenvalue weighted by atomic mass is 15.1. The molecule has 0 aliphatic heterocycles. The van der Waals surface area contributed by atoms with E-state index in [1.807, 2.05) is 12.2 Å². The molecule has 2 nitrogen and oxygen atoms in total. The smallest absolute Gasteiger partial charge is 0.0541 e. The van der Waals surface area contributed by atoms with Gasteiger partial charge in [0.25, 0.3) is 0 Å². The zero-order valence-electron chi connectivity index (χ0n) is 32.3. The number of anilines is 3. The Kier molecular flexibility index (Phi) is 8.16. The molecule has 0 atom stereocenters. The maximum absolute atomic E-state index is 4.05. The number of fused-ring (bicyclic) bond motifs is 6. The van der Waals surface area contributed by atoms with Crippen LogP contribution in [0.4, 0.5) is 17.1 Å². The van der Waals surface area contributed by atoms with Crippen LogP contribution in [0.2, 0.25) is 0 Å². The third kappa shape index (κ3) is 5.72. The second-order valence-electron chi connectivity index (χ2n) is 15.5. The fraction of sp³-hybridized carbons (Fsp3) is 0.0545. The van der Waals surface area contributed by atoms with Crippen LogP contribution < -0.4 is 4.90 Å². The molecule has 9 aromatic rings. The molecule has 0 radical (unpaired) electrons. The van der Waals surface area contributed by atoms with E-state index >= 15 is 0 Å². The first kappa shape index (κ1) is 34.3. The first-order valence-electron chi connectivity index (χ1n) is 19.7. The molecule has 0 amide bonds. The maximum atomic E-state index is 4.05. The van der Waals surface area contributed by atoms with Crippen molar-refractivity contribution in [1.29, 1.82) is 0 Å². The van der Waals surface area contributed by atoms with Gasteiger partial charge in [-0.15, -0.1) is 0 Å². The van der Waals surface area contributed by atoms with Gasteiger partial charge in [-0.1, -0.05) is 148 Å². The molecule has 8 aromatic carbocycles. The predicted octanol–water partition coefficient (Wildman–Crippen LogP) is 15.2. The monoisotopic (exact) mass is 730 g/mol. The second kappa shape index (κ2) is 13.5. The lowest BCUT2D eigenvalue weighted by Gasteiger charge is -2.28. The van der Waals surface area contributed by atoms with Gasteiger partial charge in [0.1, 0.15) is 0 Å². The molecule has 0 unspecified atom stereocenters. The average molecular weight is 731 g/mol. The van der Waals surface area contributed by atoms with Crippen molar-refractivity contribution in [2.75, 3.05) is 4.90 Å². The Morgan fingerprint density at radius 3 is 1.68 bits per heavy atom. The maximum Gasteiger partial charge on any atom is 0.0541 e. The van der Waals surface area contributed by atoms with Gasteiger partial charge in [-0.25, -0.2) is 0 Å². The van der Waals surface area contributed by atoms with Crippen LogP contribution in [0.15, 0.2) is 195 Å². The minimum absolute atomic E-state index is 0.0984. The summed E-state index contributed by atoms with van der Waals surface area (Å²) in [5.74, 6) is 0. The van der Waals surface area contributed by atoms with Crippen molar-refractivity contribution >= 4 is 51.0 Å². The summed E-state index contributed by atoms with van der Waals surface area (Å²) in [6.45, 7) is 12.8. The van der Waals surface area contributed by atoms with Gasteiger partial charge in [0.2, 0.25) is 0 Å². The van der Waals surface area contributed by atoms with Gasteiger partial charge in [0.15, 0.2) is 0 Å². The molecule has 2 heteroatoms. The lowest BCUT2D eigenvalue weighted by molar-refractivity contribution is 0.660. The van der Waals surface area contributed by atoms with Crippen molar-refractivity contribution in [3.05, 3.63) is 217 Å². The molecule has 1 aliphatic rings. The van der Waals surface area contributed by atoms with Crippen LogP contribution in [-0.4, -0.2) is 4.57 Å². The third-order valence-electron chi connectivity index (χ3n) is 11.9. The number of hydrogen-bond acceptors (Lipinski definition) is 1. The Labute approximate surface area is 334 Å². The fourth-order valence-electron chi connectivity index (χ4n) is 8.97. The van der Waals surface area contributed by atoms with E-state index in [4.69, 9.17) is 0 Å². The van der Waals surface area contributed by atoms with Gasteiger partial charge < -0.3 is 9.47 Å². The summed E-state index contributed by atoms with van der Waals surface area (Å²) in [6.07, 6.45) is 3.80. The highest BCUT2D eigenvalue weighted by molar-refractivity contribution is 6.10. The third-order valence-corrected chi connectivity index (χ3v) is 11.9. The molecule has 0 N–H and O–H groups in total. The number of benzene rings is 8.